The quantitative estimate of drug-likeness (QED) is 0.264. The van der Waals surface area contributed by atoms with Crippen LogP contribution in [0.15, 0.2) is 0 Å². The van der Waals surface area contributed by atoms with E-state index in [9.17, 15) is 0 Å². The lowest BCUT2D eigenvalue weighted by molar-refractivity contribution is -0.0904. The molecule has 3 aliphatic rings. The summed E-state index contributed by atoms with van der Waals surface area (Å²) < 4.78 is 18.7. The third-order valence-electron chi connectivity index (χ3n) is 8.48. The first kappa shape index (κ1) is 33.1. The van der Waals surface area contributed by atoms with Gasteiger partial charge in [-0.1, -0.05) is 48.5 Å². The molecule has 0 spiro atoms. The van der Waals surface area contributed by atoms with E-state index in [0.717, 1.165) is 98.2 Å². The van der Waals surface area contributed by atoms with Crippen molar-refractivity contribution in [2.75, 3.05) is 85.3 Å². The monoisotopic (exact) mass is 554 g/mol. The third kappa shape index (κ3) is 11.8. The van der Waals surface area contributed by atoms with E-state index in [-0.39, 0.29) is 6.10 Å². The summed E-state index contributed by atoms with van der Waals surface area (Å²) >= 11 is 0. The molecule has 0 amide bonds. The SMILES string of the molecule is CCN1CC(CCN2CC(CCN3CCOC[C@@H]3CNC(C)C)OC[C@H]2CNC(C)C)OCC1CNC(C)C. The molecule has 3 fully saturated rings. The summed E-state index contributed by atoms with van der Waals surface area (Å²) in [6.45, 7) is 28.1. The molecule has 0 bridgehead atoms. The topological polar surface area (TPSA) is 73.5 Å². The molecule has 9 heteroatoms. The first-order valence-corrected chi connectivity index (χ1v) is 16.0. The van der Waals surface area contributed by atoms with Crippen LogP contribution in [0.1, 0.15) is 61.3 Å². The van der Waals surface area contributed by atoms with Gasteiger partial charge in [-0.3, -0.25) is 14.7 Å². The molecule has 3 aliphatic heterocycles. The largest absolute Gasteiger partial charge is 0.378 e. The van der Waals surface area contributed by atoms with Crippen LogP contribution in [0.25, 0.3) is 0 Å². The van der Waals surface area contributed by atoms with Crippen molar-refractivity contribution in [2.24, 2.45) is 0 Å². The van der Waals surface area contributed by atoms with Crippen LogP contribution in [-0.2, 0) is 14.2 Å². The first-order valence-electron chi connectivity index (χ1n) is 16.0. The molecule has 0 saturated carbocycles. The number of nitrogens with zero attached hydrogens (tertiary/aromatic N) is 3. The van der Waals surface area contributed by atoms with Gasteiger partial charge < -0.3 is 30.2 Å². The zero-order valence-electron chi connectivity index (χ0n) is 26.3. The smallest absolute Gasteiger partial charge is 0.0715 e. The summed E-state index contributed by atoms with van der Waals surface area (Å²) in [7, 11) is 0. The zero-order chi connectivity index (χ0) is 28.2. The summed E-state index contributed by atoms with van der Waals surface area (Å²) in [6.07, 6.45) is 2.75. The Morgan fingerprint density at radius 2 is 1.10 bits per heavy atom. The Labute approximate surface area is 240 Å². The number of nitrogens with one attached hydrogen (secondary N) is 3. The number of rotatable bonds is 16. The number of likely N-dealkylation sites (N-methyl/N-ethyl adjacent to an activating group) is 1. The Hall–Kier alpha value is -0.360. The second-order valence-corrected chi connectivity index (χ2v) is 12.8. The molecule has 5 atom stereocenters. The molecule has 0 aromatic rings. The van der Waals surface area contributed by atoms with Gasteiger partial charge in [0.25, 0.3) is 0 Å². The second kappa shape index (κ2) is 17.6. The summed E-state index contributed by atoms with van der Waals surface area (Å²) in [4.78, 5) is 7.90. The molecular formula is C30H62N6O3. The van der Waals surface area contributed by atoms with E-state index in [2.05, 4.69) is 79.1 Å². The second-order valence-electron chi connectivity index (χ2n) is 12.8. The predicted molar refractivity (Wildman–Crippen MR) is 161 cm³/mol. The highest BCUT2D eigenvalue weighted by molar-refractivity contribution is 4.87. The molecule has 0 radical (unpaired) electrons. The van der Waals surface area contributed by atoms with Gasteiger partial charge in [0, 0.05) is 88.6 Å². The zero-order valence-corrected chi connectivity index (χ0v) is 26.3. The Morgan fingerprint density at radius 3 is 1.62 bits per heavy atom. The number of hydrogen-bond donors (Lipinski definition) is 3. The van der Waals surface area contributed by atoms with Crippen molar-refractivity contribution in [3.63, 3.8) is 0 Å². The van der Waals surface area contributed by atoms with Gasteiger partial charge in [0.15, 0.2) is 0 Å². The van der Waals surface area contributed by atoms with E-state index in [1.165, 1.54) is 0 Å². The van der Waals surface area contributed by atoms with Gasteiger partial charge in [-0.05, 0) is 19.4 Å². The minimum Gasteiger partial charge on any atom is -0.378 e. The summed E-state index contributed by atoms with van der Waals surface area (Å²) in [5, 5.41) is 10.9. The van der Waals surface area contributed by atoms with Crippen LogP contribution in [0, 0.1) is 0 Å². The van der Waals surface area contributed by atoms with Crippen molar-refractivity contribution in [1.82, 2.24) is 30.7 Å². The van der Waals surface area contributed by atoms with Gasteiger partial charge in [-0.15, -0.1) is 0 Å². The number of morpholine rings is 3. The molecule has 9 nitrogen and oxygen atoms in total. The van der Waals surface area contributed by atoms with Crippen molar-refractivity contribution in [1.29, 1.82) is 0 Å². The molecule has 3 N–H and O–H groups in total. The lowest BCUT2D eigenvalue weighted by Gasteiger charge is -2.43. The van der Waals surface area contributed by atoms with Crippen LogP contribution in [0.3, 0.4) is 0 Å². The third-order valence-corrected chi connectivity index (χ3v) is 8.48. The molecule has 3 saturated heterocycles. The van der Waals surface area contributed by atoms with Gasteiger partial charge in [-0.2, -0.15) is 0 Å². The molecule has 0 aromatic heterocycles. The lowest BCUT2D eigenvalue weighted by atomic mass is 10.1. The Bertz CT molecular complexity index is 654. The summed E-state index contributed by atoms with van der Waals surface area (Å²) in [5.41, 5.74) is 0. The van der Waals surface area contributed by atoms with E-state index in [0.29, 0.717) is 42.4 Å². The van der Waals surface area contributed by atoms with Crippen molar-refractivity contribution < 1.29 is 14.2 Å². The van der Waals surface area contributed by atoms with Crippen molar-refractivity contribution in [2.45, 2.75) is 110 Å². The Balaban J connectivity index is 1.50. The van der Waals surface area contributed by atoms with Crippen LogP contribution < -0.4 is 16.0 Å². The minimum atomic E-state index is 0.285. The highest BCUT2D eigenvalue weighted by Gasteiger charge is 2.33. The fourth-order valence-corrected chi connectivity index (χ4v) is 5.92. The first-order chi connectivity index (χ1) is 18.7. The average molecular weight is 555 g/mol. The van der Waals surface area contributed by atoms with Crippen LogP contribution in [0.5, 0.6) is 0 Å². The standard InChI is InChI=1S/C30H62N6O3/c1-8-34-18-29(38-21-27(34)16-32-24(4)5)10-12-36-19-30(39-22-28(36)17-33-25(6)7)9-11-35-13-14-37-20-26(35)15-31-23(2)3/h23-33H,8-22H2,1-7H3/t26-,27?,28+,29?,30?/m0/s1. The Kier molecular flexibility index (Phi) is 14.9. The highest BCUT2D eigenvalue weighted by Crippen LogP contribution is 2.20. The summed E-state index contributed by atoms with van der Waals surface area (Å²) in [5.74, 6) is 0. The summed E-state index contributed by atoms with van der Waals surface area (Å²) in [6, 6.07) is 2.85. The molecule has 3 heterocycles. The molecule has 0 aromatic carbocycles. The minimum absolute atomic E-state index is 0.285. The normalized spacial score (nSPS) is 30.2. The van der Waals surface area contributed by atoms with Crippen LogP contribution >= 0.6 is 0 Å². The van der Waals surface area contributed by atoms with Gasteiger partial charge in [0.2, 0.25) is 0 Å². The van der Waals surface area contributed by atoms with E-state index in [1.807, 2.05) is 0 Å². The average Bonchev–Trinajstić information content (AvgIpc) is 2.92. The van der Waals surface area contributed by atoms with E-state index in [4.69, 9.17) is 14.2 Å². The van der Waals surface area contributed by atoms with E-state index >= 15 is 0 Å². The van der Waals surface area contributed by atoms with Gasteiger partial charge in [-0.25, -0.2) is 0 Å². The van der Waals surface area contributed by atoms with Crippen LogP contribution in [0.4, 0.5) is 0 Å². The van der Waals surface area contributed by atoms with Crippen molar-refractivity contribution in [3.05, 3.63) is 0 Å². The van der Waals surface area contributed by atoms with Gasteiger partial charge in [0.05, 0.1) is 38.6 Å². The van der Waals surface area contributed by atoms with Crippen molar-refractivity contribution >= 4 is 0 Å². The molecule has 3 unspecified atom stereocenters. The van der Waals surface area contributed by atoms with E-state index in [1.54, 1.807) is 0 Å². The highest BCUT2D eigenvalue weighted by atomic mass is 16.5. The van der Waals surface area contributed by atoms with E-state index < -0.39 is 0 Å². The van der Waals surface area contributed by atoms with Gasteiger partial charge >= 0.3 is 0 Å². The predicted octanol–water partition coefficient (Wildman–Crippen LogP) is 1.62. The van der Waals surface area contributed by atoms with Crippen LogP contribution in [-0.4, -0.2) is 148 Å². The fourth-order valence-electron chi connectivity index (χ4n) is 5.92. The maximum Gasteiger partial charge on any atom is 0.0715 e. The Morgan fingerprint density at radius 1 is 0.641 bits per heavy atom. The van der Waals surface area contributed by atoms with Gasteiger partial charge in [0.1, 0.15) is 0 Å². The maximum absolute atomic E-state index is 6.46. The molecule has 39 heavy (non-hydrogen) atoms. The molecule has 3 rings (SSSR count). The van der Waals surface area contributed by atoms with Crippen molar-refractivity contribution in [3.8, 4) is 0 Å². The fraction of sp³-hybridized carbons (Fsp3) is 1.00. The maximum atomic E-state index is 6.46. The lowest BCUT2D eigenvalue weighted by Crippen LogP contribution is -2.57. The molecule has 0 aliphatic carbocycles. The number of hydrogen-bond acceptors (Lipinski definition) is 9. The van der Waals surface area contributed by atoms with Crippen LogP contribution in [0.2, 0.25) is 0 Å². The molecular weight excluding hydrogens is 492 g/mol. The number of ether oxygens (including phenoxy) is 3. The molecule has 230 valence electrons.